The molecule has 1 aliphatic heterocycles. The lowest BCUT2D eigenvalue weighted by molar-refractivity contribution is 0.0595. The van der Waals surface area contributed by atoms with Gasteiger partial charge in [0, 0.05) is 30.9 Å². The van der Waals surface area contributed by atoms with Gasteiger partial charge in [-0.2, -0.15) is 0 Å². The number of ether oxygens (including phenoxy) is 1. The number of amides is 1. The first-order valence-electron chi connectivity index (χ1n) is 6.99. The second-order valence-electron chi connectivity index (χ2n) is 4.90. The number of nitrogens with one attached hydrogen (secondary N) is 2. The number of carbonyl (C=O) groups excluding carboxylic acids is 1. The third-order valence-corrected chi connectivity index (χ3v) is 3.31. The molecule has 1 heterocycles. The molecule has 2 rings (SSSR count). The molecule has 1 saturated heterocycles. The highest BCUT2D eigenvalue weighted by molar-refractivity contribution is 5.95. The van der Waals surface area contributed by atoms with Crippen LogP contribution in [0.1, 0.15) is 30.1 Å². The molecule has 1 atom stereocenters. The zero-order valence-electron chi connectivity index (χ0n) is 11.4. The number of hydrogen-bond donors (Lipinski definition) is 2. The second-order valence-corrected chi connectivity index (χ2v) is 4.90. The zero-order valence-corrected chi connectivity index (χ0v) is 11.4. The van der Waals surface area contributed by atoms with E-state index in [4.69, 9.17) is 4.74 Å². The van der Waals surface area contributed by atoms with Crippen LogP contribution in [0.15, 0.2) is 24.3 Å². The summed E-state index contributed by atoms with van der Waals surface area (Å²) < 4.78 is 5.46. The van der Waals surface area contributed by atoms with Gasteiger partial charge >= 0.3 is 0 Å². The van der Waals surface area contributed by atoms with Crippen LogP contribution in [0.4, 0.5) is 5.69 Å². The van der Waals surface area contributed by atoms with Crippen molar-refractivity contribution < 1.29 is 9.53 Å². The van der Waals surface area contributed by atoms with Gasteiger partial charge in [-0.3, -0.25) is 4.79 Å². The van der Waals surface area contributed by atoms with Gasteiger partial charge in [0.25, 0.3) is 5.91 Å². The van der Waals surface area contributed by atoms with Crippen molar-refractivity contribution in [3.63, 3.8) is 0 Å². The van der Waals surface area contributed by atoms with Gasteiger partial charge in [0.05, 0.1) is 6.61 Å². The fourth-order valence-corrected chi connectivity index (χ4v) is 2.26. The largest absolute Gasteiger partial charge is 0.385 e. The highest BCUT2D eigenvalue weighted by atomic mass is 16.5. The van der Waals surface area contributed by atoms with Crippen LogP contribution < -0.4 is 10.6 Å². The van der Waals surface area contributed by atoms with Gasteiger partial charge in [-0.25, -0.2) is 0 Å². The topological polar surface area (TPSA) is 50.4 Å². The third kappa shape index (κ3) is 4.24. The molecule has 2 N–H and O–H groups in total. The molecule has 1 aromatic carbocycles. The number of carbonyl (C=O) groups is 1. The summed E-state index contributed by atoms with van der Waals surface area (Å²) in [7, 11) is 0. The Morgan fingerprint density at radius 3 is 3.11 bits per heavy atom. The minimum Gasteiger partial charge on any atom is -0.385 e. The van der Waals surface area contributed by atoms with Crippen LogP contribution in [0.2, 0.25) is 0 Å². The highest BCUT2D eigenvalue weighted by Crippen LogP contribution is 2.16. The average Bonchev–Trinajstić information content (AvgIpc) is 2.47. The molecule has 1 aliphatic rings. The van der Waals surface area contributed by atoms with Crippen LogP contribution in [0.5, 0.6) is 0 Å². The predicted molar refractivity (Wildman–Crippen MR) is 76.5 cm³/mol. The van der Waals surface area contributed by atoms with Crippen molar-refractivity contribution >= 4 is 11.6 Å². The molecule has 1 aromatic rings. The van der Waals surface area contributed by atoms with Crippen LogP contribution in [0, 0.1) is 5.92 Å². The van der Waals surface area contributed by atoms with Gasteiger partial charge in [-0.1, -0.05) is 6.07 Å². The molecule has 19 heavy (non-hydrogen) atoms. The van der Waals surface area contributed by atoms with Gasteiger partial charge in [0.2, 0.25) is 0 Å². The Labute approximate surface area is 114 Å². The highest BCUT2D eigenvalue weighted by Gasteiger charge is 2.13. The first-order valence-corrected chi connectivity index (χ1v) is 6.99. The van der Waals surface area contributed by atoms with E-state index in [9.17, 15) is 4.79 Å². The van der Waals surface area contributed by atoms with Crippen LogP contribution in [0.3, 0.4) is 0 Å². The lowest BCUT2D eigenvalue weighted by Gasteiger charge is -2.22. The maximum atomic E-state index is 11.7. The normalized spacial score (nSPS) is 18.9. The van der Waals surface area contributed by atoms with E-state index in [1.54, 1.807) is 0 Å². The van der Waals surface area contributed by atoms with Crippen molar-refractivity contribution in [2.75, 3.05) is 31.6 Å². The summed E-state index contributed by atoms with van der Waals surface area (Å²) in [5.41, 5.74) is 1.70. The number of hydrogen-bond acceptors (Lipinski definition) is 3. The van der Waals surface area contributed by atoms with Crippen LogP contribution in [0.25, 0.3) is 0 Å². The lowest BCUT2D eigenvalue weighted by atomic mass is 10.0. The fourth-order valence-electron chi connectivity index (χ4n) is 2.26. The Morgan fingerprint density at radius 1 is 1.47 bits per heavy atom. The molecule has 1 fully saturated rings. The van der Waals surface area contributed by atoms with Gasteiger partial charge in [0.1, 0.15) is 0 Å². The van der Waals surface area contributed by atoms with Gasteiger partial charge < -0.3 is 15.4 Å². The molecule has 0 saturated carbocycles. The minimum absolute atomic E-state index is 0.0212. The summed E-state index contributed by atoms with van der Waals surface area (Å²) in [4.78, 5) is 11.7. The van der Waals surface area contributed by atoms with Gasteiger partial charge in [-0.15, -0.1) is 0 Å². The Kier molecular flexibility index (Phi) is 5.21. The van der Waals surface area contributed by atoms with E-state index in [0.717, 1.165) is 31.9 Å². The summed E-state index contributed by atoms with van der Waals surface area (Å²) in [5, 5.41) is 6.20. The molecule has 0 aromatic heterocycles. The fraction of sp³-hybridized carbons (Fsp3) is 0.533. The zero-order chi connectivity index (χ0) is 13.5. The van der Waals surface area contributed by atoms with Crippen molar-refractivity contribution in [2.24, 2.45) is 5.92 Å². The van der Waals surface area contributed by atoms with E-state index in [-0.39, 0.29) is 5.91 Å². The predicted octanol–water partition coefficient (Wildman–Crippen LogP) is 2.27. The van der Waals surface area contributed by atoms with E-state index in [1.807, 2.05) is 31.2 Å². The van der Waals surface area contributed by atoms with Crippen molar-refractivity contribution in [3.8, 4) is 0 Å². The standard InChI is InChI=1S/C15H22N2O2/c1-2-16-15(18)13-6-3-7-14(9-13)17-10-12-5-4-8-19-11-12/h3,6-7,9,12,17H,2,4-5,8,10-11H2,1H3,(H,16,18). The van der Waals surface area contributed by atoms with Crippen molar-refractivity contribution in [1.29, 1.82) is 0 Å². The molecule has 0 bridgehead atoms. The van der Waals surface area contributed by atoms with Gasteiger partial charge in [0.15, 0.2) is 0 Å². The van der Waals surface area contributed by atoms with Crippen molar-refractivity contribution in [1.82, 2.24) is 5.32 Å². The second kappa shape index (κ2) is 7.14. The molecule has 4 heteroatoms. The summed E-state index contributed by atoms with van der Waals surface area (Å²) >= 11 is 0. The van der Waals surface area contributed by atoms with Crippen molar-refractivity contribution in [2.45, 2.75) is 19.8 Å². The smallest absolute Gasteiger partial charge is 0.251 e. The molecular formula is C15H22N2O2. The minimum atomic E-state index is -0.0212. The molecule has 104 valence electrons. The molecule has 1 unspecified atom stereocenters. The van der Waals surface area contributed by atoms with Gasteiger partial charge in [-0.05, 0) is 43.9 Å². The number of rotatable bonds is 5. The van der Waals surface area contributed by atoms with Crippen LogP contribution in [-0.4, -0.2) is 32.2 Å². The Bertz CT molecular complexity index is 414. The summed E-state index contributed by atoms with van der Waals surface area (Å²) in [5.74, 6) is 0.550. The quantitative estimate of drug-likeness (QED) is 0.856. The van der Waals surface area contributed by atoms with E-state index >= 15 is 0 Å². The first-order chi connectivity index (χ1) is 9.29. The van der Waals surface area contributed by atoms with Crippen LogP contribution in [-0.2, 0) is 4.74 Å². The summed E-state index contributed by atoms with van der Waals surface area (Å²) in [6, 6.07) is 7.63. The molecule has 4 nitrogen and oxygen atoms in total. The summed E-state index contributed by atoms with van der Waals surface area (Å²) in [6.07, 6.45) is 2.36. The Balaban J connectivity index is 1.89. The Morgan fingerprint density at radius 2 is 2.37 bits per heavy atom. The maximum Gasteiger partial charge on any atom is 0.251 e. The number of anilines is 1. The molecule has 1 amide bonds. The first kappa shape index (κ1) is 13.9. The molecular weight excluding hydrogens is 240 g/mol. The van der Waals surface area contributed by atoms with Crippen LogP contribution >= 0.6 is 0 Å². The van der Waals surface area contributed by atoms with Crippen molar-refractivity contribution in [3.05, 3.63) is 29.8 Å². The molecule has 0 aliphatic carbocycles. The third-order valence-electron chi connectivity index (χ3n) is 3.31. The molecule has 0 radical (unpaired) electrons. The van der Waals surface area contributed by atoms with E-state index in [2.05, 4.69) is 10.6 Å². The summed E-state index contributed by atoms with van der Waals surface area (Å²) in [6.45, 7) is 5.20. The average molecular weight is 262 g/mol. The van der Waals surface area contributed by atoms with E-state index < -0.39 is 0 Å². The maximum absolute atomic E-state index is 11.7. The Hall–Kier alpha value is -1.55. The molecule has 0 spiro atoms. The SMILES string of the molecule is CCNC(=O)c1cccc(NCC2CCCOC2)c1. The van der Waals surface area contributed by atoms with E-state index in [1.165, 1.54) is 6.42 Å². The number of benzene rings is 1. The van der Waals surface area contributed by atoms with E-state index in [0.29, 0.717) is 18.0 Å². The lowest BCUT2D eigenvalue weighted by Crippen LogP contribution is -2.25. The monoisotopic (exact) mass is 262 g/mol.